The molecule has 282 valence electrons. The van der Waals surface area contributed by atoms with Crippen LogP contribution in [0.1, 0.15) is 63.1 Å². The van der Waals surface area contributed by atoms with Crippen LogP contribution in [-0.2, 0) is 13.1 Å². The van der Waals surface area contributed by atoms with E-state index in [9.17, 15) is 28.6 Å². The van der Waals surface area contributed by atoms with Crippen LogP contribution in [0, 0.1) is 17.6 Å². The molecule has 13 heteroatoms. The number of aliphatic hydroxyl groups is 2. The average Bonchev–Trinajstić information content (AvgIpc) is 3.71. The lowest BCUT2D eigenvalue weighted by molar-refractivity contribution is 0.104. The van der Waals surface area contributed by atoms with Gasteiger partial charge in [0.05, 0.1) is 34.2 Å². The Morgan fingerprint density at radius 2 is 1.81 bits per heavy atom. The zero-order valence-electron chi connectivity index (χ0n) is 30.5. The van der Waals surface area contributed by atoms with Crippen molar-refractivity contribution in [2.24, 2.45) is 5.92 Å². The second-order valence-corrected chi connectivity index (χ2v) is 15.8. The van der Waals surface area contributed by atoms with Crippen molar-refractivity contribution in [3.63, 3.8) is 0 Å². The van der Waals surface area contributed by atoms with Crippen LogP contribution in [0.25, 0.3) is 27.9 Å². The van der Waals surface area contributed by atoms with E-state index in [-0.39, 0.29) is 35.4 Å². The topological polar surface area (TPSA) is 130 Å². The summed E-state index contributed by atoms with van der Waals surface area (Å²) in [6, 6.07) is 11.8. The summed E-state index contributed by atoms with van der Waals surface area (Å²) in [7, 11) is 1.95. The molecule has 0 saturated heterocycles. The minimum atomic E-state index is -1.03. The largest absolute Gasteiger partial charge is 0.389 e. The number of rotatable bonds is 11. The maximum Gasteiger partial charge on any atom is 0.337 e. The molecule has 3 aliphatic rings. The smallest absolute Gasteiger partial charge is 0.337 e. The van der Waals surface area contributed by atoms with Crippen LogP contribution in [0.3, 0.4) is 0 Å². The molecule has 2 saturated carbocycles. The molecule has 0 amide bonds. The van der Waals surface area contributed by atoms with Gasteiger partial charge in [-0.3, -0.25) is 14.3 Å². The van der Waals surface area contributed by atoms with Gasteiger partial charge in [-0.25, -0.2) is 28.1 Å². The van der Waals surface area contributed by atoms with E-state index in [2.05, 4.69) is 20.2 Å². The van der Waals surface area contributed by atoms with Gasteiger partial charge in [-0.05, 0) is 118 Å². The van der Waals surface area contributed by atoms with Crippen LogP contribution in [0.5, 0.6) is 0 Å². The van der Waals surface area contributed by atoms with E-state index < -0.39 is 28.3 Å². The molecule has 1 aromatic carbocycles. The van der Waals surface area contributed by atoms with Crippen molar-refractivity contribution in [2.75, 3.05) is 20.1 Å². The Labute approximate surface area is 310 Å². The highest BCUT2D eigenvalue weighted by Gasteiger charge is 2.41. The normalized spacial score (nSPS) is 22.5. The molecule has 2 fully saturated rings. The fourth-order valence-corrected chi connectivity index (χ4v) is 8.11. The molecule has 0 aliphatic heterocycles. The number of hydrogen-bond donors (Lipinski definition) is 3. The van der Waals surface area contributed by atoms with Gasteiger partial charge < -0.3 is 19.9 Å². The van der Waals surface area contributed by atoms with Crippen molar-refractivity contribution in [1.82, 2.24) is 33.7 Å². The Balaban J connectivity index is 1.04. The molecule has 1 atom stereocenters. The number of nitrogens with zero attached hydrogens (tertiary/aromatic N) is 6. The van der Waals surface area contributed by atoms with Crippen molar-refractivity contribution < 1.29 is 19.0 Å². The quantitative estimate of drug-likeness (QED) is 0.177. The second kappa shape index (κ2) is 14.1. The lowest BCUT2D eigenvalue weighted by atomic mass is 9.84. The van der Waals surface area contributed by atoms with Crippen molar-refractivity contribution in [2.45, 2.75) is 82.2 Å². The summed E-state index contributed by atoms with van der Waals surface area (Å²) in [6.45, 7) is 3.53. The Bertz CT molecular complexity index is 2420. The number of aromatic nitrogens is 5. The molecule has 3 N–H and O–H groups in total. The molecule has 4 aromatic heterocycles. The maximum absolute atomic E-state index is 14.6. The van der Waals surface area contributed by atoms with Gasteiger partial charge in [0.2, 0.25) is 0 Å². The third-order valence-corrected chi connectivity index (χ3v) is 11.1. The molecule has 11 nitrogen and oxygen atoms in total. The van der Waals surface area contributed by atoms with Crippen LogP contribution in [0.15, 0.2) is 88.4 Å². The number of halogens is 2. The SMILES string of the molecule is CN(CC1=CC(C)(O)CC=C1c1cccc(-n2c(=O)n(CC3CCC(NCc4cn5cc(F)ccc5n4)CC3)c(=O)c3cc(F)cnc32)c1)CC1(O)CC1. The van der Waals surface area contributed by atoms with E-state index in [1.54, 1.807) is 23.5 Å². The lowest BCUT2D eigenvalue weighted by Crippen LogP contribution is -2.42. The summed E-state index contributed by atoms with van der Waals surface area (Å²) in [6.07, 6.45) is 13.3. The zero-order valence-corrected chi connectivity index (χ0v) is 30.5. The van der Waals surface area contributed by atoms with E-state index in [4.69, 9.17) is 0 Å². The molecule has 0 radical (unpaired) electrons. The summed E-state index contributed by atoms with van der Waals surface area (Å²) in [5.74, 6) is -0.930. The summed E-state index contributed by atoms with van der Waals surface area (Å²) >= 11 is 0. The molecule has 4 heterocycles. The van der Waals surface area contributed by atoms with Gasteiger partial charge in [0, 0.05) is 44.6 Å². The molecule has 0 bridgehead atoms. The monoisotopic (exact) mass is 737 g/mol. The number of pyridine rings is 2. The van der Waals surface area contributed by atoms with Crippen LogP contribution in [0.4, 0.5) is 8.78 Å². The first kappa shape index (κ1) is 36.2. The molecule has 8 rings (SSSR count). The number of fused-ring (bicyclic) bond motifs is 2. The highest BCUT2D eigenvalue weighted by Crippen LogP contribution is 2.37. The number of hydrogen-bond acceptors (Lipinski definition) is 8. The summed E-state index contributed by atoms with van der Waals surface area (Å²) in [4.78, 5) is 39.1. The minimum absolute atomic E-state index is 0.0239. The fraction of sp³-hybridized carbons (Fsp3) is 0.415. The highest BCUT2D eigenvalue weighted by atomic mass is 19.1. The van der Waals surface area contributed by atoms with Gasteiger partial charge >= 0.3 is 5.69 Å². The molecule has 54 heavy (non-hydrogen) atoms. The maximum atomic E-state index is 14.6. The van der Waals surface area contributed by atoms with E-state index in [0.717, 1.165) is 73.2 Å². The van der Waals surface area contributed by atoms with Gasteiger partial charge in [0.25, 0.3) is 5.56 Å². The van der Waals surface area contributed by atoms with E-state index >= 15 is 0 Å². The van der Waals surface area contributed by atoms with Gasteiger partial charge in [-0.2, -0.15) is 0 Å². The Morgan fingerprint density at radius 3 is 2.59 bits per heavy atom. The third kappa shape index (κ3) is 7.58. The van der Waals surface area contributed by atoms with Crippen LogP contribution in [0.2, 0.25) is 0 Å². The highest BCUT2D eigenvalue weighted by molar-refractivity contribution is 5.82. The van der Waals surface area contributed by atoms with Gasteiger partial charge in [0.15, 0.2) is 5.65 Å². The van der Waals surface area contributed by atoms with Crippen molar-refractivity contribution in [3.8, 4) is 5.69 Å². The number of imidazole rings is 1. The van der Waals surface area contributed by atoms with Crippen molar-refractivity contribution in [1.29, 1.82) is 0 Å². The Morgan fingerprint density at radius 1 is 1.02 bits per heavy atom. The second-order valence-electron chi connectivity index (χ2n) is 15.8. The van der Waals surface area contributed by atoms with Crippen LogP contribution < -0.4 is 16.6 Å². The predicted octanol–water partition coefficient (Wildman–Crippen LogP) is 4.74. The molecule has 1 unspecified atom stereocenters. The first-order chi connectivity index (χ1) is 25.8. The molecule has 3 aliphatic carbocycles. The zero-order chi connectivity index (χ0) is 37.8. The van der Waals surface area contributed by atoms with Crippen LogP contribution >= 0.6 is 0 Å². The fourth-order valence-electron chi connectivity index (χ4n) is 8.11. The number of likely N-dealkylation sites (N-methyl/N-ethyl adjacent to an activating group) is 1. The van der Waals surface area contributed by atoms with E-state index in [1.165, 1.54) is 21.4 Å². The minimum Gasteiger partial charge on any atom is -0.389 e. The lowest BCUT2D eigenvalue weighted by Gasteiger charge is -2.30. The summed E-state index contributed by atoms with van der Waals surface area (Å²) in [5, 5.41) is 25.1. The van der Waals surface area contributed by atoms with Gasteiger partial charge in [0.1, 0.15) is 17.3 Å². The molecule has 0 spiro atoms. The first-order valence-corrected chi connectivity index (χ1v) is 18.7. The van der Waals surface area contributed by atoms with E-state index in [0.29, 0.717) is 37.4 Å². The molecule has 5 aromatic rings. The average molecular weight is 738 g/mol. The van der Waals surface area contributed by atoms with Crippen LogP contribution in [-0.4, -0.2) is 76.0 Å². The van der Waals surface area contributed by atoms with Crippen molar-refractivity contribution in [3.05, 3.63) is 123 Å². The van der Waals surface area contributed by atoms with Gasteiger partial charge in [-0.1, -0.05) is 18.2 Å². The Kier molecular flexibility index (Phi) is 9.45. The number of nitrogens with one attached hydrogen (secondary N) is 1. The predicted molar refractivity (Wildman–Crippen MR) is 202 cm³/mol. The molecular weight excluding hydrogens is 692 g/mol. The van der Waals surface area contributed by atoms with Crippen molar-refractivity contribution >= 4 is 22.3 Å². The van der Waals surface area contributed by atoms with Gasteiger partial charge in [-0.15, -0.1) is 0 Å². The first-order valence-electron chi connectivity index (χ1n) is 18.7. The summed E-state index contributed by atoms with van der Waals surface area (Å²) in [5.41, 5.74) is 1.87. The molecular formula is C41H45F2N7O4. The van der Waals surface area contributed by atoms with E-state index in [1.807, 2.05) is 43.6 Å². The third-order valence-electron chi connectivity index (χ3n) is 11.1. The summed E-state index contributed by atoms with van der Waals surface area (Å²) < 4.78 is 32.5. The number of benzene rings is 1. The Hall–Kier alpha value is -4.82. The standard InChI is InChI=1S/C41H45F2N7O4/c1-40(53)13-12-34(28(18-40)22-47(2)25-41(54)14-15-41)27-4-3-5-33(16-27)50-37-35(17-30(43)19-45-37)38(51)49(39(50)52)21-26-6-9-31(10-7-26)44-20-32-24-48-23-29(42)8-11-36(48)46-32/h3-5,8,11-12,16-19,23-24,26,31,44,53-54H,6-7,9-10,13-15,20-22,25H2,1-2H3.